The number of nitrogens with one attached hydrogen (secondary N) is 1. The number of halogens is 1. The number of aromatic nitrogens is 2. The molecule has 1 saturated heterocycles. The molecule has 16 heavy (non-hydrogen) atoms. The van der Waals surface area contributed by atoms with Crippen LogP contribution in [-0.4, -0.2) is 35.6 Å². The van der Waals surface area contributed by atoms with Gasteiger partial charge in [0.1, 0.15) is 0 Å². The zero-order chi connectivity index (χ0) is 11.4. The van der Waals surface area contributed by atoms with Gasteiger partial charge in [0.05, 0.1) is 4.47 Å². The van der Waals surface area contributed by atoms with Gasteiger partial charge in [-0.2, -0.15) is 0 Å². The summed E-state index contributed by atoms with van der Waals surface area (Å²) in [5.74, 6) is 0.851. The van der Waals surface area contributed by atoms with Crippen molar-refractivity contribution in [3.8, 4) is 0 Å². The molecule has 1 atom stereocenters. The van der Waals surface area contributed by atoms with Gasteiger partial charge in [0.25, 0.3) is 0 Å². The third kappa shape index (κ3) is 2.71. The van der Waals surface area contributed by atoms with E-state index in [0.717, 1.165) is 30.1 Å². The van der Waals surface area contributed by atoms with Crippen LogP contribution in [0.4, 0.5) is 5.95 Å². The van der Waals surface area contributed by atoms with E-state index in [1.807, 2.05) is 12.4 Å². The molecular formula is C11H17BrN4. The number of hydrogen-bond acceptors (Lipinski definition) is 4. The lowest BCUT2D eigenvalue weighted by Gasteiger charge is -2.24. The van der Waals surface area contributed by atoms with Gasteiger partial charge in [-0.1, -0.05) is 6.92 Å². The fourth-order valence-corrected chi connectivity index (χ4v) is 2.28. The van der Waals surface area contributed by atoms with Crippen molar-refractivity contribution in [1.82, 2.24) is 15.3 Å². The monoisotopic (exact) mass is 284 g/mol. The van der Waals surface area contributed by atoms with E-state index in [-0.39, 0.29) is 0 Å². The zero-order valence-electron chi connectivity index (χ0n) is 9.49. The van der Waals surface area contributed by atoms with E-state index >= 15 is 0 Å². The third-order valence-corrected chi connectivity index (χ3v) is 3.28. The fourth-order valence-electron chi connectivity index (χ4n) is 2.08. The molecule has 1 unspecified atom stereocenters. The lowest BCUT2D eigenvalue weighted by molar-refractivity contribution is 0.581. The van der Waals surface area contributed by atoms with Crippen LogP contribution < -0.4 is 10.2 Å². The molecule has 0 spiro atoms. The average molecular weight is 285 g/mol. The second kappa shape index (κ2) is 5.59. The highest BCUT2D eigenvalue weighted by Gasteiger charge is 2.25. The normalized spacial score (nSPS) is 20.4. The topological polar surface area (TPSA) is 41.0 Å². The van der Waals surface area contributed by atoms with Crippen molar-refractivity contribution in [2.24, 2.45) is 0 Å². The number of anilines is 1. The molecule has 0 aromatic carbocycles. The molecule has 1 fully saturated rings. The van der Waals surface area contributed by atoms with E-state index in [1.54, 1.807) is 0 Å². The molecule has 1 aromatic rings. The van der Waals surface area contributed by atoms with Crippen molar-refractivity contribution in [2.75, 3.05) is 24.5 Å². The summed E-state index contributed by atoms with van der Waals surface area (Å²) in [7, 11) is 0. The Bertz CT molecular complexity index is 327. The predicted molar refractivity (Wildman–Crippen MR) is 68.6 cm³/mol. The molecule has 88 valence electrons. The van der Waals surface area contributed by atoms with Crippen molar-refractivity contribution in [3.63, 3.8) is 0 Å². The van der Waals surface area contributed by atoms with Gasteiger partial charge in [-0.25, -0.2) is 9.97 Å². The Kier molecular flexibility index (Phi) is 4.12. The average Bonchev–Trinajstić information content (AvgIpc) is 2.75. The Labute approximate surface area is 105 Å². The molecule has 1 N–H and O–H groups in total. The Balaban J connectivity index is 2.04. The van der Waals surface area contributed by atoms with Crippen molar-refractivity contribution >= 4 is 21.9 Å². The zero-order valence-corrected chi connectivity index (χ0v) is 11.1. The summed E-state index contributed by atoms with van der Waals surface area (Å²) in [6.45, 7) is 5.24. The maximum Gasteiger partial charge on any atom is 0.225 e. The summed E-state index contributed by atoms with van der Waals surface area (Å²) < 4.78 is 0.929. The van der Waals surface area contributed by atoms with Gasteiger partial charge in [-0.05, 0) is 35.3 Å². The first kappa shape index (κ1) is 11.8. The first-order chi connectivity index (χ1) is 7.81. The van der Waals surface area contributed by atoms with Crippen LogP contribution in [0, 0.1) is 0 Å². The van der Waals surface area contributed by atoms with E-state index in [9.17, 15) is 0 Å². The Morgan fingerprint density at radius 3 is 2.94 bits per heavy atom. The fraction of sp³-hybridized carbons (Fsp3) is 0.636. The summed E-state index contributed by atoms with van der Waals surface area (Å²) in [6, 6.07) is 0.543. The SMILES string of the molecule is CCNCC1CCCN1c1ncc(Br)cn1. The van der Waals surface area contributed by atoms with E-state index in [2.05, 4.69) is 43.0 Å². The van der Waals surface area contributed by atoms with Gasteiger partial charge in [0, 0.05) is 31.5 Å². The smallest absolute Gasteiger partial charge is 0.225 e. The molecule has 1 aliphatic heterocycles. The van der Waals surface area contributed by atoms with Crippen LogP contribution in [-0.2, 0) is 0 Å². The minimum absolute atomic E-state index is 0.543. The molecule has 0 aliphatic carbocycles. The summed E-state index contributed by atoms with van der Waals surface area (Å²) in [4.78, 5) is 11.0. The summed E-state index contributed by atoms with van der Waals surface area (Å²) in [5, 5.41) is 3.39. The van der Waals surface area contributed by atoms with E-state index in [4.69, 9.17) is 0 Å². The maximum atomic E-state index is 4.36. The summed E-state index contributed by atoms with van der Waals surface area (Å²) >= 11 is 3.36. The van der Waals surface area contributed by atoms with Gasteiger partial charge >= 0.3 is 0 Å². The first-order valence-electron chi connectivity index (χ1n) is 5.76. The molecule has 0 radical (unpaired) electrons. The first-order valence-corrected chi connectivity index (χ1v) is 6.55. The highest BCUT2D eigenvalue weighted by atomic mass is 79.9. The van der Waals surface area contributed by atoms with E-state index < -0.39 is 0 Å². The van der Waals surface area contributed by atoms with Gasteiger partial charge < -0.3 is 10.2 Å². The Morgan fingerprint density at radius 2 is 2.25 bits per heavy atom. The molecule has 0 bridgehead atoms. The van der Waals surface area contributed by atoms with Crippen LogP contribution in [0.25, 0.3) is 0 Å². The second-order valence-corrected chi connectivity index (χ2v) is 4.91. The number of likely N-dealkylation sites (N-methyl/N-ethyl adjacent to an activating group) is 1. The lowest BCUT2D eigenvalue weighted by Crippen LogP contribution is -2.38. The van der Waals surface area contributed by atoms with Gasteiger partial charge in [-0.15, -0.1) is 0 Å². The lowest BCUT2D eigenvalue weighted by atomic mass is 10.2. The molecule has 0 saturated carbocycles. The van der Waals surface area contributed by atoms with Crippen LogP contribution in [0.1, 0.15) is 19.8 Å². The number of hydrogen-bond donors (Lipinski definition) is 1. The van der Waals surface area contributed by atoms with Crippen LogP contribution in [0.5, 0.6) is 0 Å². The highest BCUT2D eigenvalue weighted by molar-refractivity contribution is 9.10. The van der Waals surface area contributed by atoms with Crippen molar-refractivity contribution in [1.29, 1.82) is 0 Å². The van der Waals surface area contributed by atoms with E-state index in [1.165, 1.54) is 12.8 Å². The third-order valence-electron chi connectivity index (χ3n) is 2.87. The van der Waals surface area contributed by atoms with Crippen molar-refractivity contribution in [3.05, 3.63) is 16.9 Å². The van der Waals surface area contributed by atoms with Crippen molar-refractivity contribution < 1.29 is 0 Å². The van der Waals surface area contributed by atoms with Gasteiger partial charge in [-0.3, -0.25) is 0 Å². The Hall–Kier alpha value is -0.680. The molecular weight excluding hydrogens is 268 g/mol. The van der Waals surface area contributed by atoms with Crippen LogP contribution in [0.15, 0.2) is 16.9 Å². The minimum atomic E-state index is 0.543. The Morgan fingerprint density at radius 1 is 1.50 bits per heavy atom. The molecule has 2 heterocycles. The summed E-state index contributed by atoms with van der Waals surface area (Å²) in [5.41, 5.74) is 0. The predicted octanol–water partition coefficient (Wildman–Crippen LogP) is 1.82. The highest BCUT2D eigenvalue weighted by Crippen LogP contribution is 2.22. The quantitative estimate of drug-likeness (QED) is 0.916. The van der Waals surface area contributed by atoms with Crippen molar-refractivity contribution in [2.45, 2.75) is 25.8 Å². The van der Waals surface area contributed by atoms with Crippen LogP contribution >= 0.6 is 15.9 Å². The van der Waals surface area contributed by atoms with Crippen LogP contribution in [0.2, 0.25) is 0 Å². The maximum absolute atomic E-state index is 4.36. The molecule has 1 aliphatic rings. The van der Waals surface area contributed by atoms with Gasteiger partial charge in [0.15, 0.2) is 0 Å². The largest absolute Gasteiger partial charge is 0.337 e. The number of rotatable bonds is 4. The summed E-state index contributed by atoms with van der Waals surface area (Å²) in [6.07, 6.45) is 6.08. The van der Waals surface area contributed by atoms with E-state index in [0.29, 0.717) is 6.04 Å². The molecule has 2 rings (SSSR count). The van der Waals surface area contributed by atoms with Gasteiger partial charge in [0.2, 0.25) is 5.95 Å². The standard InChI is InChI=1S/C11H17BrN4/c1-2-13-8-10-4-3-5-16(10)11-14-6-9(12)7-15-11/h6-7,10,13H,2-5,8H2,1H3. The second-order valence-electron chi connectivity index (χ2n) is 4.00. The molecule has 0 amide bonds. The molecule has 5 heteroatoms. The molecule has 4 nitrogen and oxygen atoms in total. The molecule has 1 aromatic heterocycles. The minimum Gasteiger partial charge on any atom is -0.337 e. The van der Waals surface area contributed by atoms with Crippen LogP contribution in [0.3, 0.4) is 0 Å². The number of nitrogens with zero attached hydrogens (tertiary/aromatic N) is 3.